The van der Waals surface area contributed by atoms with Crippen molar-refractivity contribution < 1.29 is 27.8 Å². The highest BCUT2D eigenvalue weighted by molar-refractivity contribution is 6.20. The molecule has 0 radical (unpaired) electrons. The third kappa shape index (κ3) is 4.79. The largest absolute Gasteiger partial charge is 0.504 e. The molecule has 1 unspecified atom stereocenters. The van der Waals surface area contributed by atoms with Crippen molar-refractivity contribution in [2.45, 2.75) is 33.4 Å². The lowest BCUT2D eigenvalue weighted by Gasteiger charge is -2.13. The smallest absolute Gasteiger partial charge is 0.449 e. The number of carbonyl (C=O) groups excluding carboxylic acids is 1. The number of hydrogen-bond donors (Lipinski definition) is 1. The molecule has 0 aliphatic rings. The number of aliphatic hydroxyl groups excluding tert-OH is 1. The van der Waals surface area contributed by atoms with Crippen LogP contribution in [0.15, 0.2) is 30.0 Å². The van der Waals surface area contributed by atoms with Crippen LogP contribution in [-0.4, -0.2) is 23.7 Å². The Morgan fingerprint density at radius 2 is 1.82 bits per heavy atom. The molecule has 6 heteroatoms. The first-order chi connectivity index (χ1) is 10.2. The van der Waals surface area contributed by atoms with E-state index < -0.39 is 23.3 Å². The summed E-state index contributed by atoms with van der Waals surface area (Å²) in [7, 11) is 0. The third-order valence-corrected chi connectivity index (χ3v) is 3.23. The van der Waals surface area contributed by atoms with E-state index in [1.807, 2.05) is 13.8 Å². The molecule has 1 aromatic carbocycles. The summed E-state index contributed by atoms with van der Waals surface area (Å²) in [4.78, 5) is 11.4. The summed E-state index contributed by atoms with van der Waals surface area (Å²) in [5.74, 6) is -1.88. The van der Waals surface area contributed by atoms with Crippen LogP contribution in [0.2, 0.25) is 0 Å². The van der Waals surface area contributed by atoms with Crippen molar-refractivity contribution in [3.63, 3.8) is 0 Å². The van der Waals surface area contributed by atoms with Crippen LogP contribution in [0.4, 0.5) is 13.2 Å². The summed E-state index contributed by atoms with van der Waals surface area (Å²) >= 11 is 0. The fourth-order valence-electron chi connectivity index (χ4n) is 1.72. The molecular formula is C16H19F3O3. The zero-order valence-corrected chi connectivity index (χ0v) is 12.7. The van der Waals surface area contributed by atoms with E-state index in [2.05, 4.69) is 0 Å². The molecule has 22 heavy (non-hydrogen) atoms. The number of Topliss-reactive ketones (excluding diaryl/α,β-unsaturated/α-hetero) is 1. The summed E-state index contributed by atoms with van der Waals surface area (Å²) in [6.07, 6.45) is -4.01. The number of ether oxygens (including phenoxy) is 1. The van der Waals surface area contributed by atoms with Gasteiger partial charge in [-0.1, -0.05) is 32.4 Å². The van der Waals surface area contributed by atoms with E-state index in [1.54, 1.807) is 0 Å². The number of allylic oxidation sites excluding steroid dienone is 2. The molecule has 0 aliphatic carbocycles. The first-order valence-electron chi connectivity index (χ1n) is 6.91. The van der Waals surface area contributed by atoms with E-state index in [-0.39, 0.29) is 5.56 Å². The Bertz CT molecular complexity index is 545. The van der Waals surface area contributed by atoms with E-state index in [0.29, 0.717) is 18.3 Å². The molecule has 0 saturated carbocycles. The molecule has 0 aliphatic heterocycles. The van der Waals surface area contributed by atoms with E-state index in [0.717, 1.165) is 13.3 Å². The molecule has 0 bridgehead atoms. The van der Waals surface area contributed by atoms with Gasteiger partial charge in [0.05, 0.1) is 12.2 Å². The predicted octanol–water partition coefficient (Wildman–Crippen LogP) is 4.53. The number of aliphatic hydroxyl groups is 1. The maximum Gasteiger partial charge on any atom is 0.449 e. The minimum Gasteiger partial charge on any atom is -0.504 e. The standard InChI is InChI=1S/C16H19F3O3/c1-4-10(2)9-22-13-7-5-12(6-8-13)14(11(3)20)15(21)16(17,18)19/h5-8,10,21H,4,9H2,1-3H3. The number of carbonyl (C=O) groups is 1. The van der Waals surface area contributed by atoms with Gasteiger partial charge in [0.2, 0.25) is 5.76 Å². The normalized spacial score (nSPS) is 14.3. The third-order valence-electron chi connectivity index (χ3n) is 3.23. The fourth-order valence-corrected chi connectivity index (χ4v) is 1.72. The minimum absolute atomic E-state index is 0.00165. The molecule has 0 heterocycles. The summed E-state index contributed by atoms with van der Waals surface area (Å²) in [6, 6.07) is 5.60. The van der Waals surface area contributed by atoms with Crippen molar-refractivity contribution in [2.75, 3.05) is 6.61 Å². The van der Waals surface area contributed by atoms with Gasteiger partial charge in [0, 0.05) is 0 Å². The van der Waals surface area contributed by atoms with Crippen molar-refractivity contribution in [1.29, 1.82) is 0 Å². The quantitative estimate of drug-likeness (QED) is 0.619. The van der Waals surface area contributed by atoms with Gasteiger partial charge in [0.1, 0.15) is 5.75 Å². The molecule has 0 spiro atoms. The maximum atomic E-state index is 12.6. The highest BCUT2D eigenvalue weighted by Crippen LogP contribution is 2.31. The highest BCUT2D eigenvalue weighted by Gasteiger charge is 2.38. The first kappa shape index (κ1) is 18.1. The lowest BCUT2D eigenvalue weighted by Crippen LogP contribution is -2.16. The molecule has 122 valence electrons. The number of rotatable bonds is 6. The number of hydrogen-bond acceptors (Lipinski definition) is 3. The van der Waals surface area contributed by atoms with Crippen molar-refractivity contribution in [1.82, 2.24) is 0 Å². The van der Waals surface area contributed by atoms with Crippen molar-refractivity contribution in [3.8, 4) is 5.75 Å². The average molecular weight is 316 g/mol. The van der Waals surface area contributed by atoms with Gasteiger partial charge in [-0.05, 0) is 30.5 Å². The number of benzene rings is 1. The predicted molar refractivity (Wildman–Crippen MR) is 77.7 cm³/mol. The molecule has 1 rings (SSSR count). The maximum absolute atomic E-state index is 12.6. The fraction of sp³-hybridized carbons (Fsp3) is 0.438. The first-order valence-corrected chi connectivity index (χ1v) is 6.91. The van der Waals surface area contributed by atoms with Crippen LogP contribution in [0.25, 0.3) is 5.57 Å². The molecule has 0 fully saturated rings. The Morgan fingerprint density at radius 1 is 1.27 bits per heavy atom. The van der Waals surface area contributed by atoms with Crippen molar-refractivity contribution >= 4 is 11.4 Å². The minimum atomic E-state index is -4.97. The van der Waals surface area contributed by atoms with Gasteiger partial charge in [0.15, 0.2) is 5.78 Å². The van der Waals surface area contributed by atoms with Gasteiger partial charge in [-0.15, -0.1) is 0 Å². The number of alkyl halides is 3. The molecule has 0 aromatic heterocycles. The van der Waals surface area contributed by atoms with E-state index >= 15 is 0 Å². The second-order valence-corrected chi connectivity index (χ2v) is 5.13. The zero-order valence-electron chi connectivity index (χ0n) is 12.7. The van der Waals surface area contributed by atoms with E-state index in [9.17, 15) is 23.1 Å². The van der Waals surface area contributed by atoms with Crippen LogP contribution in [0, 0.1) is 5.92 Å². The summed E-state index contributed by atoms with van der Waals surface area (Å²) in [5, 5.41) is 9.25. The topological polar surface area (TPSA) is 46.5 Å². The molecule has 1 atom stereocenters. The molecule has 0 amide bonds. The summed E-state index contributed by atoms with van der Waals surface area (Å²) in [6.45, 7) is 5.52. The van der Waals surface area contributed by atoms with Crippen molar-refractivity contribution in [3.05, 3.63) is 35.6 Å². The summed E-state index contributed by atoms with van der Waals surface area (Å²) < 4.78 is 43.3. The summed E-state index contributed by atoms with van der Waals surface area (Å²) in [5.41, 5.74) is -0.751. The van der Waals surface area contributed by atoms with Crippen molar-refractivity contribution in [2.24, 2.45) is 5.92 Å². The highest BCUT2D eigenvalue weighted by atomic mass is 19.4. The lowest BCUT2D eigenvalue weighted by atomic mass is 10.0. The molecule has 1 N–H and O–H groups in total. The molecular weight excluding hydrogens is 297 g/mol. The SMILES string of the molecule is CCC(C)COc1ccc(C(C(C)=O)=C(O)C(F)(F)F)cc1. The monoisotopic (exact) mass is 316 g/mol. The van der Waals surface area contributed by atoms with Gasteiger partial charge >= 0.3 is 6.18 Å². The second-order valence-electron chi connectivity index (χ2n) is 5.13. The Labute approximate surface area is 127 Å². The number of ketones is 1. The Balaban J connectivity index is 3.03. The Morgan fingerprint density at radius 3 is 2.23 bits per heavy atom. The van der Waals surface area contributed by atoms with E-state index in [4.69, 9.17) is 4.74 Å². The second kappa shape index (κ2) is 7.33. The van der Waals surface area contributed by atoms with Crippen LogP contribution in [0.1, 0.15) is 32.8 Å². The molecule has 1 aromatic rings. The Hall–Kier alpha value is -1.98. The van der Waals surface area contributed by atoms with Crippen LogP contribution in [0.3, 0.4) is 0 Å². The lowest BCUT2D eigenvalue weighted by molar-refractivity contribution is -0.123. The van der Waals surface area contributed by atoms with Gasteiger partial charge in [-0.2, -0.15) is 13.2 Å². The molecule has 0 saturated heterocycles. The van der Waals surface area contributed by atoms with Crippen LogP contribution < -0.4 is 4.74 Å². The van der Waals surface area contributed by atoms with Crippen LogP contribution in [0.5, 0.6) is 5.75 Å². The molecule has 3 nitrogen and oxygen atoms in total. The van der Waals surface area contributed by atoms with E-state index in [1.165, 1.54) is 24.3 Å². The van der Waals surface area contributed by atoms with Gasteiger partial charge in [-0.3, -0.25) is 4.79 Å². The Kier molecular flexibility index (Phi) is 6.02. The van der Waals surface area contributed by atoms with Gasteiger partial charge in [0.25, 0.3) is 0 Å². The number of halogens is 3. The van der Waals surface area contributed by atoms with Crippen LogP contribution >= 0.6 is 0 Å². The van der Waals surface area contributed by atoms with Crippen LogP contribution in [-0.2, 0) is 4.79 Å². The van der Waals surface area contributed by atoms with Gasteiger partial charge in [-0.25, -0.2) is 0 Å². The zero-order chi connectivity index (χ0) is 16.9. The average Bonchev–Trinajstić information content (AvgIpc) is 2.44. The van der Waals surface area contributed by atoms with Gasteiger partial charge < -0.3 is 9.84 Å².